The van der Waals surface area contributed by atoms with Gasteiger partial charge in [0.2, 0.25) is 0 Å². The second-order valence-corrected chi connectivity index (χ2v) is 6.53. The van der Waals surface area contributed by atoms with Crippen molar-refractivity contribution in [2.75, 3.05) is 25.6 Å². The van der Waals surface area contributed by atoms with Crippen molar-refractivity contribution in [2.45, 2.75) is 19.8 Å². The van der Waals surface area contributed by atoms with E-state index >= 15 is 0 Å². The molecule has 0 saturated carbocycles. The first-order chi connectivity index (χ1) is 13.2. The van der Waals surface area contributed by atoms with Crippen LogP contribution in [0.2, 0.25) is 0 Å². The van der Waals surface area contributed by atoms with E-state index in [2.05, 4.69) is 29.6 Å². The van der Waals surface area contributed by atoms with Crippen molar-refractivity contribution in [2.24, 2.45) is 0 Å². The lowest BCUT2D eigenvalue weighted by atomic mass is 10.1. The molecule has 1 N–H and O–H groups in total. The molecule has 0 aliphatic carbocycles. The number of rotatable bonds is 8. The largest absolute Gasteiger partial charge is 0.494 e. The van der Waals surface area contributed by atoms with Crippen molar-refractivity contribution >= 4 is 22.4 Å². The minimum atomic E-state index is -0.319. The van der Waals surface area contributed by atoms with E-state index < -0.39 is 0 Å². The number of benzene rings is 3. The number of methoxy groups -OCH3 is 1. The van der Waals surface area contributed by atoms with Crippen LogP contribution in [-0.2, 0) is 4.74 Å². The van der Waals surface area contributed by atoms with Crippen LogP contribution in [0, 0.1) is 6.92 Å². The van der Waals surface area contributed by atoms with Gasteiger partial charge in [0.1, 0.15) is 5.75 Å². The summed E-state index contributed by atoms with van der Waals surface area (Å²) in [5.74, 6) is 0.578. The Hall–Kier alpha value is -3.01. The molecule has 3 aromatic carbocycles. The Morgan fingerprint density at radius 2 is 1.78 bits per heavy atom. The van der Waals surface area contributed by atoms with Crippen LogP contribution >= 0.6 is 0 Å². The Morgan fingerprint density at radius 3 is 2.59 bits per heavy atom. The zero-order chi connectivity index (χ0) is 19.1. The molecule has 0 aliphatic rings. The Kier molecular flexibility index (Phi) is 6.31. The molecule has 0 heterocycles. The second kappa shape index (κ2) is 9.08. The maximum absolute atomic E-state index is 11.9. The third-order valence-electron chi connectivity index (χ3n) is 4.46. The first kappa shape index (κ1) is 18.8. The number of anilines is 1. The van der Waals surface area contributed by atoms with Gasteiger partial charge >= 0.3 is 5.97 Å². The van der Waals surface area contributed by atoms with Gasteiger partial charge in [0.25, 0.3) is 0 Å². The van der Waals surface area contributed by atoms with Crippen LogP contribution < -0.4 is 10.1 Å². The molecule has 0 radical (unpaired) electrons. The fraction of sp³-hybridized carbons (Fsp3) is 0.261. The standard InChI is InChI=1S/C23H25NO3/c1-17-9-12-22(21(15-17)23(25)26-2)24-13-5-6-14-27-20-11-10-18-7-3-4-8-19(18)16-20/h3-4,7-12,15-16,24H,5-6,13-14H2,1-2H3. The fourth-order valence-electron chi connectivity index (χ4n) is 2.99. The topological polar surface area (TPSA) is 47.6 Å². The maximum Gasteiger partial charge on any atom is 0.339 e. The summed E-state index contributed by atoms with van der Waals surface area (Å²) in [6, 6.07) is 20.2. The monoisotopic (exact) mass is 363 g/mol. The predicted octanol–water partition coefficient (Wildman–Crippen LogP) is 5.21. The van der Waals surface area contributed by atoms with Crippen molar-refractivity contribution in [3.05, 3.63) is 71.8 Å². The third kappa shape index (κ3) is 5.00. The second-order valence-electron chi connectivity index (χ2n) is 6.53. The van der Waals surface area contributed by atoms with E-state index in [4.69, 9.17) is 9.47 Å². The highest BCUT2D eigenvalue weighted by atomic mass is 16.5. The third-order valence-corrected chi connectivity index (χ3v) is 4.46. The van der Waals surface area contributed by atoms with Crippen molar-refractivity contribution in [3.63, 3.8) is 0 Å². The van der Waals surface area contributed by atoms with Gasteiger partial charge in [0, 0.05) is 12.2 Å². The smallest absolute Gasteiger partial charge is 0.339 e. The van der Waals surface area contributed by atoms with Gasteiger partial charge in [-0.1, -0.05) is 42.0 Å². The van der Waals surface area contributed by atoms with E-state index in [-0.39, 0.29) is 5.97 Å². The van der Waals surface area contributed by atoms with Crippen LogP contribution in [0.1, 0.15) is 28.8 Å². The number of ether oxygens (including phenoxy) is 2. The first-order valence-corrected chi connectivity index (χ1v) is 9.22. The van der Waals surface area contributed by atoms with Gasteiger partial charge in [-0.15, -0.1) is 0 Å². The van der Waals surface area contributed by atoms with Gasteiger partial charge in [-0.3, -0.25) is 0 Å². The molecule has 4 heteroatoms. The van der Waals surface area contributed by atoms with Gasteiger partial charge < -0.3 is 14.8 Å². The van der Waals surface area contributed by atoms with Gasteiger partial charge in [0.05, 0.1) is 19.3 Å². The maximum atomic E-state index is 11.9. The van der Waals surface area contributed by atoms with Crippen molar-refractivity contribution < 1.29 is 14.3 Å². The lowest BCUT2D eigenvalue weighted by Gasteiger charge is -2.12. The molecule has 0 fully saturated rings. The molecule has 0 atom stereocenters. The molecule has 3 rings (SSSR count). The van der Waals surface area contributed by atoms with E-state index in [1.165, 1.54) is 17.9 Å². The molecule has 3 aromatic rings. The molecule has 0 amide bonds. The van der Waals surface area contributed by atoms with Crippen LogP contribution in [0.5, 0.6) is 5.75 Å². The zero-order valence-corrected chi connectivity index (χ0v) is 15.8. The summed E-state index contributed by atoms with van der Waals surface area (Å²) < 4.78 is 10.7. The average molecular weight is 363 g/mol. The quantitative estimate of drug-likeness (QED) is 0.441. The normalized spacial score (nSPS) is 10.6. The fourth-order valence-corrected chi connectivity index (χ4v) is 2.99. The minimum Gasteiger partial charge on any atom is -0.494 e. The van der Waals surface area contributed by atoms with Gasteiger partial charge in [0.15, 0.2) is 0 Å². The Bertz CT molecular complexity index is 920. The molecular weight excluding hydrogens is 338 g/mol. The van der Waals surface area contributed by atoms with Crippen LogP contribution in [0.3, 0.4) is 0 Å². The number of esters is 1. The first-order valence-electron chi connectivity index (χ1n) is 9.22. The number of carbonyl (C=O) groups is 1. The summed E-state index contributed by atoms with van der Waals surface area (Å²) in [4.78, 5) is 11.9. The van der Waals surface area contributed by atoms with Crippen LogP contribution in [0.15, 0.2) is 60.7 Å². The minimum absolute atomic E-state index is 0.319. The number of hydrogen-bond donors (Lipinski definition) is 1. The Balaban J connectivity index is 1.45. The summed E-state index contributed by atoms with van der Waals surface area (Å²) in [5.41, 5.74) is 2.41. The Morgan fingerprint density at radius 1 is 0.963 bits per heavy atom. The van der Waals surface area contributed by atoms with Crippen LogP contribution in [0.4, 0.5) is 5.69 Å². The average Bonchev–Trinajstić information content (AvgIpc) is 2.70. The van der Waals surface area contributed by atoms with Gasteiger partial charge in [-0.25, -0.2) is 4.79 Å². The molecule has 0 bridgehead atoms. The molecule has 27 heavy (non-hydrogen) atoms. The summed E-state index contributed by atoms with van der Waals surface area (Å²) in [6.45, 7) is 3.40. The lowest BCUT2D eigenvalue weighted by Crippen LogP contribution is -2.10. The highest BCUT2D eigenvalue weighted by Crippen LogP contribution is 2.21. The summed E-state index contributed by atoms with van der Waals surface area (Å²) in [6.07, 6.45) is 1.88. The number of fused-ring (bicyclic) bond motifs is 1. The van der Waals surface area contributed by atoms with Crippen LogP contribution in [-0.4, -0.2) is 26.2 Å². The molecule has 0 aromatic heterocycles. The van der Waals surface area contributed by atoms with E-state index in [1.807, 2.05) is 43.3 Å². The Labute approximate surface area is 160 Å². The SMILES string of the molecule is COC(=O)c1cc(C)ccc1NCCCCOc1ccc2ccccc2c1. The number of unbranched alkanes of at least 4 members (excludes halogenated alkanes) is 1. The van der Waals surface area contributed by atoms with Crippen molar-refractivity contribution in [1.29, 1.82) is 0 Å². The summed E-state index contributed by atoms with van der Waals surface area (Å²) in [5, 5.41) is 5.72. The van der Waals surface area contributed by atoms with E-state index in [1.54, 1.807) is 0 Å². The van der Waals surface area contributed by atoms with Crippen molar-refractivity contribution in [3.8, 4) is 5.75 Å². The lowest BCUT2D eigenvalue weighted by molar-refractivity contribution is 0.0601. The van der Waals surface area contributed by atoms with Gasteiger partial charge in [-0.05, 0) is 54.8 Å². The summed E-state index contributed by atoms with van der Waals surface area (Å²) >= 11 is 0. The van der Waals surface area contributed by atoms with Crippen molar-refractivity contribution in [1.82, 2.24) is 0 Å². The number of nitrogens with one attached hydrogen (secondary N) is 1. The molecule has 4 nitrogen and oxygen atoms in total. The number of aryl methyl sites for hydroxylation is 1. The van der Waals surface area contributed by atoms with E-state index in [9.17, 15) is 4.79 Å². The molecule has 0 spiro atoms. The van der Waals surface area contributed by atoms with E-state index in [0.29, 0.717) is 12.2 Å². The molecular formula is C23H25NO3. The number of hydrogen-bond acceptors (Lipinski definition) is 4. The highest BCUT2D eigenvalue weighted by molar-refractivity contribution is 5.95. The molecule has 0 aliphatic heterocycles. The van der Waals surface area contributed by atoms with Crippen LogP contribution in [0.25, 0.3) is 10.8 Å². The molecule has 0 saturated heterocycles. The molecule has 140 valence electrons. The van der Waals surface area contributed by atoms with Gasteiger partial charge in [-0.2, -0.15) is 0 Å². The predicted molar refractivity (Wildman–Crippen MR) is 110 cm³/mol. The summed E-state index contributed by atoms with van der Waals surface area (Å²) in [7, 11) is 1.40. The zero-order valence-electron chi connectivity index (χ0n) is 15.8. The highest BCUT2D eigenvalue weighted by Gasteiger charge is 2.11. The van der Waals surface area contributed by atoms with E-state index in [0.717, 1.165) is 36.4 Å². The number of carbonyl (C=O) groups excluding carboxylic acids is 1. The molecule has 0 unspecified atom stereocenters.